The van der Waals surface area contributed by atoms with E-state index in [1.54, 1.807) is 0 Å². The summed E-state index contributed by atoms with van der Waals surface area (Å²) in [6.45, 7) is 0.205. The van der Waals surface area contributed by atoms with Gasteiger partial charge < -0.3 is 10.8 Å². The fraction of sp³-hybridized carbons (Fsp3) is 0.273. The zero-order valence-corrected chi connectivity index (χ0v) is 7.46. The molecule has 2 heteroatoms. The lowest BCUT2D eigenvalue weighted by Crippen LogP contribution is -1.83. The Labute approximate surface area is 78.4 Å². The van der Waals surface area contributed by atoms with Gasteiger partial charge in [0.05, 0.1) is 0 Å². The number of benzene rings is 1. The molecular formula is C11H13NO. The van der Waals surface area contributed by atoms with E-state index in [1.165, 1.54) is 0 Å². The Morgan fingerprint density at radius 3 is 2.54 bits per heavy atom. The summed E-state index contributed by atoms with van der Waals surface area (Å²) in [6.07, 6.45) is 1.48. The SMILES string of the molecule is Nc1ccc(C#CCCCO)cc1. The van der Waals surface area contributed by atoms with Crippen LogP contribution in [0.25, 0.3) is 0 Å². The third kappa shape index (κ3) is 3.64. The van der Waals surface area contributed by atoms with Crippen molar-refractivity contribution in [1.29, 1.82) is 0 Å². The molecule has 2 nitrogen and oxygen atoms in total. The summed E-state index contributed by atoms with van der Waals surface area (Å²) >= 11 is 0. The molecule has 0 amide bonds. The van der Waals surface area contributed by atoms with Crippen molar-refractivity contribution in [1.82, 2.24) is 0 Å². The molecule has 0 fully saturated rings. The second-order valence-electron chi connectivity index (χ2n) is 2.75. The lowest BCUT2D eigenvalue weighted by molar-refractivity contribution is 0.290. The van der Waals surface area contributed by atoms with Crippen molar-refractivity contribution in [3.05, 3.63) is 29.8 Å². The average Bonchev–Trinajstić information content (AvgIpc) is 2.15. The van der Waals surface area contributed by atoms with E-state index in [4.69, 9.17) is 10.8 Å². The fourth-order valence-corrected chi connectivity index (χ4v) is 0.898. The Morgan fingerprint density at radius 1 is 1.23 bits per heavy atom. The zero-order chi connectivity index (χ0) is 9.52. The largest absolute Gasteiger partial charge is 0.399 e. The molecule has 1 aromatic carbocycles. The van der Waals surface area contributed by atoms with Gasteiger partial charge in [0.25, 0.3) is 0 Å². The molecule has 0 unspecified atom stereocenters. The van der Waals surface area contributed by atoms with E-state index in [0.717, 1.165) is 24.1 Å². The zero-order valence-electron chi connectivity index (χ0n) is 7.46. The first-order chi connectivity index (χ1) is 6.33. The van der Waals surface area contributed by atoms with Crippen LogP contribution in [0.1, 0.15) is 18.4 Å². The number of rotatable bonds is 2. The van der Waals surface area contributed by atoms with Crippen molar-refractivity contribution >= 4 is 5.69 Å². The van der Waals surface area contributed by atoms with Crippen molar-refractivity contribution in [3.8, 4) is 11.8 Å². The van der Waals surface area contributed by atoms with Crippen LogP contribution in [0, 0.1) is 11.8 Å². The van der Waals surface area contributed by atoms with Crippen molar-refractivity contribution in [2.24, 2.45) is 0 Å². The van der Waals surface area contributed by atoms with Gasteiger partial charge in [0.15, 0.2) is 0 Å². The molecule has 0 aromatic heterocycles. The number of nitrogens with two attached hydrogens (primary N) is 1. The van der Waals surface area contributed by atoms with Crippen LogP contribution in [0.5, 0.6) is 0 Å². The predicted octanol–water partition coefficient (Wildman–Crippen LogP) is 1.39. The van der Waals surface area contributed by atoms with E-state index in [2.05, 4.69) is 11.8 Å². The first kappa shape index (κ1) is 9.63. The minimum absolute atomic E-state index is 0.205. The van der Waals surface area contributed by atoms with Crippen molar-refractivity contribution < 1.29 is 5.11 Å². The van der Waals surface area contributed by atoms with Crippen LogP contribution >= 0.6 is 0 Å². The number of aliphatic hydroxyl groups is 1. The van der Waals surface area contributed by atoms with Gasteiger partial charge in [-0.3, -0.25) is 0 Å². The van der Waals surface area contributed by atoms with E-state index in [9.17, 15) is 0 Å². The normalized spacial score (nSPS) is 9.00. The minimum atomic E-state index is 0.205. The van der Waals surface area contributed by atoms with E-state index in [0.29, 0.717) is 0 Å². The lowest BCUT2D eigenvalue weighted by atomic mass is 10.2. The number of aliphatic hydroxyl groups excluding tert-OH is 1. The van der Waals surface area contributed by atoms with Gasteiger partial charge in [0, 0.05) is 24.3 Å². The molecule has 0 bridgehead atoms. The van der Waals surface area contributed by atoms with E-state index >= 15 is 0 Å². The third-order valence-electron chi connectivity index (χ3n) is 1.60. The molecule has 3 N–H and O–H groups in total. The van der Waals surface area contributed by atoms with Crippen LogP contribution in [-0.2, 0) is 0 Å². The highest BCUT2D eigenvalue weighted by Crippen LogP contribution is 2.03. The molecule has 0 radical (unpaired) electrons. The number of nitrogen functional groups attached to an aromatic ring is 1. The van der Waals surface area contributed by atoms with Gasteiger partial charge in [-0.05, 0) is 30.7 Å². The Balaban J connectivity index is 2.52. The Bertz CT molecular complexity index is 305. The van der Waals surface area contributed by atoms with Gasteiger partial charge in [-0.15, -0.1) is 0 Å². The van der Waals surface area contributed by atoms with E-state index < -0.39 is 0 Å². The van der Waals surface area contributed by atoms with Gasteiger partial charge in [-0.25, -0.2) is 0 Å². The Kier molecular flexibility index (Phi) is 3.87. The second kappa shape index (κ2) is 5.23. The topological polar surface area (TPSA) is 46.2 Å². The second-order valence-corrected chi connectivity index (χ2v) is 2.75. The van der Waals surface area contributed by atoms with Crippen LogP contribution in [0.2, 0.25) is 0 Å². The highest BCUT2D eigenvalue weighted by molar-refractivity contribution is 5.44. The summed E-state index contributed by atoms with van der Waals surface area (Å²) in [5.74, 6) is 5.96. The highest BCUT2D eigenvalue weighted by Gasteiger charge is 1.85. The summed E-state index contributed by atoms with van der Waals surface area (Å²) in [5, 5.41) is 8.52. The maximum absolute atomic E-state index is 8.52. The number of anilines is 1. The standard InChI is InChI=1S/C11H13NO/c12-11-7-5-10(6-8-11)4-2-1-3-9-13/h5-8,13H,1,3,9,12H2. The van der Waals surface area contributed by atoms with Crippen LogP contribution < -0.4 is 5.73 Å². The number of hydrogen-bond donors (Lipinski definition) is 2. The van der Waals surface area contributed by atoms with Crippen molar-refractivity contribution in [2.75, 3.05) is 12.3 Å². The Morgan fingerprint density at radius 2 is 1.92 bits per heavy atom. The monoisotopic (exact) mass is 175 g/mol. The third-order valence-corrected chi connectivity index (χ3v) is 1.60. The van der Waals surface area contributed by atoms with Gasteiger partial charge >= 0.3 is 0 Å². The van der Waals surface area contributed by atoms with Crippen LogP contribution in [0.4, 0.5) is 5.69 Å². The average molecular weight is 175 g/mol. The van der Waals surface area contributed by atoms with Gasteiger partial charge in [0.1, 0.15) is 0 Å². The van der Waals surface area contributed by atoms with Gasteiger partial charge in [0.2, 0.25) is 0 Å². The first-order valence-electron chi connectivity index (χ1n) is 4.28. The lowest BCUT2D eigenvalue weighted by Gasteiger charge is -1.91. The minimum Gasteiger partial charge on any atom is -0.399 e. The summed E-state index contributed by atoms with van der Waals surface area (Å²) in [5.41, 5.74) is 7.24. The molecule has 0 aliphatic heterocycles. The van der Waals surface area contributed by atoms with Crippen LogP contribution in [0.3, 0.4) is 0 Å². The molecule has 0 heterocycles. The van der Waals surface area contributed by atoms with Gasteiger partial charge in [-0.2, -0.15) is 0 Å². The molecule has 68 valence electrons. The molecular weight excluding hydrogens is 162 g/mol. The van der Waals surface area contributed by atoms with E-state index in [1.807, 2.05) is 24.3 Å². The summed E-state index contributed by atoms with van der Waals surface area (Å²) in [4.78, 5) is 0. The first-order valence-corrected chi connectivity index (χ1v) is 4.28. The quantitative estimate of drug-likeness (QED) is 0.405. The fourth-order valence-electron chi connectivity index (χ4n) is 0.898. The molecule has 0 aliphatic carbocycles. The smallest absolute Gasteiger partial charge is 0.0440 e. The maximum Gasteiger partial charge on any atom is 0.0440 e. The number of unbranched alkanes of at least 4 members (excludes halogenated alkanes) is 1. The summed E-state index contributed by atoms with van der Waals surface area (Å²) in [6, 6.07) is 7.44. The summed E-state index contributed by atoms with van der Waals surface area (Å²) in [7, 11) is 0. The molecule has 13 heavy (non-hydrogen) atoms. The highest BCUT2D eigenvalue weighted by atomic mass is 16.2. The molecule has 0 aliphatic rings. The molecule has 0 atom stereocenters. The molecule has 0 saturated carbocycles. The van der Waals surface area contributed by atoms with E-state index in [-0.39, 0.29) is 6.61 Å². The summed E-state index contributed by atoms with van der Waals surface area (Å²) < 4.78 is 0. The van der Waals surface area contributed by atoms with Crippen LogP contribution in [-0.4, -0.2) is 11.7 Å². The predicted molar refractivity (Wildman–Crippen MR) is 54.1 cm³/mol. The molecule has 1 rings (SSSR count). The van der Waals surface area contributed by atoms with Crippen LogP contribution in [0.15, 0.2) is 24.3 Å². The van der Waals surface area contributed by atoms with Crippen molar-refractivity contribution in [2.45, 2.75) is 12.8 Å². The Hall–Kier alpha value is -1.46. The van der Waals surface area contributed by atoms with Crippen molar-refractivity contribution in [3.63, 3.8) is 0 Å². The van der Waals surface area contributed by atoms with Gasteiger partial charge in [-0.1, -0.05) is 11.8 Å². The molecule has 0 spiro atoms. The molecule has 0 saturated heterocycles. The maximum atomic E-state index is 8.52. The number of hydrogen-bond acceptors (Lipinski definition) is 2. The molecule has 1 aromatic rings.